The van der Waals surface area contributed by atoms with E-state index in [2.05, 4.69) is 35.6 Å². The minimum atomic E-state index is 0.0468. The molecule has 1 aromatic rings. The van der Waals surface area contributed by atoms with Gasteiger partial charge in [-0.2, -0.15) is 0 Å². The number of nitrogens with one attached hydrogen (secondary N) is 1. The van der Waals surface area contributed by atoms with Gasteiger partial charge in [0.25, 0.3) is 5.56 Å². The molecule has 4 nitrogen and oxygen atoms in total. The van der Waals surface area contributed by atoms with Crippen molar-refractivity contribution in [1.29, 1.82) is 0 Å². The first-order valence-corrected chi connectivity index (χ1v) is 8.87. The van der Waals surface area contributed by atoms with Crippen molar-refractivity contribution in [2.45, 2.75) is 66.3 Å². The summed E-state index contributed by atoms with van der Waals surface area (Å²) in [5, 5.41) is 0. The molecule has 2 aliphatic rings. The van der Waals surface area contributed by atoms with Gasteiger partial charge in [0.05, 0.1) is 11.3 Å². The Kier molecular flexibility index (Phi) is 4.45. The molecular weight excluding hydrogens is 286 g/mol. The summed E-state index contributed by atoms with van der Waals surface area (Å²) in [5.41, 5.74) is 5.49. The van der Waals surface area contributed by atoms with Gasteiger partial charge in [0.15, 0.2) is 0 Å². The second kappa shape index (κ2) is 6.23. The first kappa shape index (κ1) is 16.4. The molecule has 1 aliphatic heterocycles. The van der Waals surface area contributed by atoms with E-state index in [4.69, 9.17) is 0 Å². The molecule has 4 heteroatoms. The highest BCUT2D eigenvalue weighted by atomic mass is 16.1. The molecule has 0 unspecified atom stereocenters. The highest BCUT2D eigenvalue weighted by Crippen LogP contribution is 2.41. The largest absolute Gasteiger partial charge is 0.310 e. The van der Waals surface area contributed by atoms with Crippen LogP contribution >= 0.6 is 0 Å². The summed E-state index contributed by atoms with van der Waals surface area (Å²) in [6.45, 7) is 11.7. The number of aromatic nitrogens is 2. The Morgan fingerprint density at radius 1 is 1.26 bits per heavy atom. The van der Waals surface area contributed by atoms with Crippen LogP contribution in [0.2, 0.25) is 0 Å². The normalized spacial score (nSPS) is 21.4. The molecular formula is C19H29N3O. The Balaban J connectivity index is 1.70. The van der Waals surface area contributed by atoms with Gasteiger partial charge in [-0.1, -0.05) is 25.0 Å². The minimum absolute atomic E-state index is 0.0468. The van der Waals surface area contributed by atoms with Gasteiger partial charge in [-0.3, -0.25) is 9.69 Å². The van der Waals surface area contributed by atoms with Crippen molar-refractivity contribution >= 4 is 0 Å². The van der Waals surface area contributed by atoms with Crippen molar-refractivity contribution in [3.8, 4) is 0 Å². The second-order valence-electron chi connectivity index (χ2n) is 7.85. The Labute approximate surface area is 139 Å². The average Bonchev–Trinajstić information content (AvgIpc) is 2.46. The van der Waals surface area contributed by atoms with Crippen LogP contribution in [0.15, 0.2) is 15.9 Å². The zero-order chi connectivity index (χ0) is 16.6. The fraction of sp³-hybridized carbons (Fsp3) is 0.684. The lowest BCUT2D eigenvalue weighted by Crippen LogP contribution is -2.37. The van der Waals surface area contributed by atoms with Crippen LogP contribution in [0.4, 0.5) is 0 Å². The van der Waals surface area contributed by atoms with Crippen LogP contribution < -0.4 is 5.56 Å². The standard InChI is InChI=1S/C19H29N3O/c1-13-6-5-9-19(3,4)16(13)7-10-22-11-8-17-15(12-22)18(23)21-14(2)20-17/h5-12H2,1-4H3,(H,20,21,23). The maximum atomic E-state index is 12.2. The molecule has 0 spiro atoms. The molecule has 2 heterocycles. The number of aromatic amines is 1. The van der Waals surface area contributed by atoms with E-state index in [-0.39, 0.29) is 5.56 Å². The van der Waals surface area contributed by atoms with E-state index in [9.17, 15) is 4.79 Å². The van der Waals surface area contributed by atoms with Crippen molar-refractivity contribution < 1.29 is 0 Å². The molecule has 0 atom stereocenters. The van der Waals surface area contributed by atoms with Crippen LogP contribution in [0.3, 0.4) is 0 Å². The molecule has 1 N–H and O–H groups in total. The zero-order valence-electron chi connectivity index (χ0n) is 15.0. The zero-order valence-corrected chi connectivity index (χ0v) is 15.0. The van der Waals surface area contributed by atoms with Crippen molar-refractivity contribution in [1.82, 2.24) is 14.9 Å². The number of hydrogen-bond acceptors (Lipinski definition) is 3. The van der Waals surface area contributed by atoms with E-state index in [1.807, 2.05) is 6.92 Å². The van der Waals surface area contributed by atoms with Crippen LogP contribution in [0, 0.1) is 12.3 Å². The molecule has 126 valence electrons. The summed E-state index contributed by atoms with van der Waals surface area (Å²) in [4.78, 5) is 21.9. The number of aryl methyl sites for hydroxylation is 1. The maximum Gasteiger partial charge on any atom is 0.255 e. The van der Waals surface area contributed by atoms with Crippen LogP contribution in [0.5, 0.6) is 0 Å². The third-order valence-corrected chi connectivity index (χ3v) is 5.63. The third kappa shape index (κ3) is 3.42. The highest BCUT2D eigenvalue weighted by Gasteiger charge is 2.29. The first-order valence-electron chi connectivity index (χ1n) is 8.87. The van der Waals surface area contributed by atoms with E-state index < -0.39 is 0 Å². The summed E-state index contributed by atoms with van der Waals surface area (Å²) in [6.07, 6.45) is 5.89. The van der Waals surface area contributed by atoms with E-state index in [0.29, 0.717) is 5.41 Å². The number of nitrogens with zero attached hydrogens (tertiary/aromatic N) is 2. The summed E-state index contributed by atoms with van der Waals surface area (Å²) in [5.74, 6) is 0.729. The van der Waals surface area contributed by atoms with Crippen LogP contribution in [0.1, 0.15) is 63.5 Å². The molecule has 0 amide bonds. The van der Waals surface area contributed by atoms with Crippen LogP contribution in [-0.4, -0.2) is 28.0 Å². The summed E-state index contributed by atoms with van der Waals surface area (Å²) >= 11 is 0. The minimum Gasteiger partial charge on any atom is -0.310 e. The van der Waals surface area contributed by atoms with Crippen molar-refractivity contribution in [3.63, 3.8) is 0 Å². The average molecular weight is 315 g/mol. The van der Waals surface area contributed by atoms with Gasteiger partial charge < -0.3 is 4.98 Å². The highest BCUT2D eigenvalue weighted by molar-refractivity contribution is 5.24. The lowest BCUT2D eigenvalue weighted by atomic mass is 9.71. The van der Waals surface area contributed by atoms with E-state index in [1.165, 1.54) is 19.3 Å². The molecule has 0 aromatic carbocycles. The number of allylic oxidation sites excluding steroid dienone is 1. The first-order chi connectivity index (χ1) is 10.9. The topological polar surface area (TPSA) is 49.0 Å². The monoisotopic (exact) mass is 315 g/mol. The molecule has 3 rings (SSSR count). The molecule has 1 aromatic heterocycles. The number of fused-ring (bicyclic) bond motifs is 1. The quantitative estimate of drug-likeness (QED) is 0.870. The predicted molar refractivity (Wildman–Crippen MR) is 93.5 cm³/mol. The SMILES string of the molecule is CC1=C(CCN2CCc3nc(C)[nH]c(=O)c3C2)C(C)(C)CCC1. The van der Waals surface area contributed by atoms with Crippen LogP contribution in [-0.2, 0) is 13.0 Å². The molecule has 23 heavy (non-hydrogen) atoms. The fourth-order valence-electron chi connectivity index (χ4n) is 4.29. The van der Waals surface area contributed by atoms with Gasteiger partial charge >= 0.3 is 0 Å². The van der Waals surface area contributed by atoms with E-state index in [1.54, 1.807) is 11.1 Å². The number of hydrogen-bond donors (Lipinski definition) is 1. The lowest BCUT2D eigenvalue weighted by molar-refractivity contribution is 0.241. The van der Waals surface area contributed by atoms with Gasteiger partial charge in [0, 0.05) is 26.1 Å². The van der Waals surface area contributed by atoms with Crippen molar-refractivity contribution in [3.05, 3.63) is 38.6 Å². The predicted octanol–water partition coefficient (Wildman–Crippen LogP) is 3.35. The molecule has 0 bridgehead atoms. The molecule has 0 saturated carbocycles. The third-order valence-electron chi connectivity index (χ3n) is 5.63. The Morgan fingerprint density at radius 2 is 2.04 bits per heavy atom. The summed E-state index contributed by atoms with van der Waals surface area (Å²) in [7, 11) is 0. The number of rotatable bonds is 3. The van der Waals surface area contributed by atoms with Gasteiger partial charge in [-0.25, -0.2) is 4.98 Å². The molecule has 1 aliphatic carbocycles. The second-order valence-corrected chi connectivity index (χ2v) is 7.85. The Morgan fingerprint density at radius 3 is 2.78 bits per heavy atom. The Hall–Kier alpha value is -1.42. The molecule has 0 saturated heterocycles. The van der Waals surface area contributed by atoms with Crippen molar-refractivity contribution in [2.24, 2.45) is 5.41 Å². The van der Waals surface area contributed by atoms with Gasteiger partial charge in [0.2, 0.25) is 0 Å². The summed E-state index contributed by atoms with van der Waals surface area (Å²) < 4.78 is 0. The van der Waals surface area contributed by atoms with Gasteiger partial charge in [-0.05, 0) is 44.9 Å². The fourth-order valence-corrected chi connectivity index (χ4v) is 4.29. The smallest absolute Gasteiger partial charge is 0.255 e. The van der Waals surface area contributed by atoms with E-state index in [0.717, 1.165) is 49.6 Å². The molecule has 0 fully saturated rings. The lowest BCUT2D eigenvalue weighted by Gasteiger charge is -2.36. The summed E-state index contributed by atoms with van der Waals surface area (Å²) in [6, 6.07) is 0. The maximum absolute atomic E-state index is 12.2. The Bertz CT molecular complexity index is 684. The molecule has 0 radical (unpaired) electrons. The van der Waals surface area contributed by atoms with Gasteiger partial charge in [0.1, 0.15) is 5.82 Å². The van der Waals surface area contributed by atoms with Crippen LogP contribution in [0.25, 0.3) is 0 Å². The number of H-pyrrole nitrogens is 1. The van der Waals surface area contributed by atoms with E-state index >= 15 is 0 Å². The van der Waals surface area contributed by atoms with Crippen molar-refractivity contribution in [2.75, 3.05) is 13.1 Å². The van der Waals surface area contributed by atoms with Gasteiger partial charge in [-0.15, -0.1) is 0 Å².